The van der Waals surface area contributed by atoms with Crippen molar-refractivity contribution in [3.05, 3.63) is 30.1 Å². The lowest BCUT2D eigenvalue weighted by atomic mass is 9.93. The van der Waals surface area contributed by atoms with Gasteiger partial charge in [0.15, 0.2) is 0 Å². The molecule has 0 radical (unpaired) electrons. The van der Waals surface area contributed by atoms with Crippen molar-refractivity contribution >= 4 is 5.97 Å². The molecular formula is C13H20N2O2. The zero-order valence-corrected chi connectivity index (χ0v) is 10.4. The average molecular weight is 236 g/mol. The maximum absolute atomic E-state index is 11.3. The van der Waals surface area contributed by atoms with Crippen LogP contribution in [0.15, 0.2) is 24.5 Å². The molecule has 0 bridgehead atoms. The summed E-state index contributed by atoms with van der Waals surface area (Å²) in [6, 6.07) is 3.88. The number of carboxylic acid groups (broad SMARTS) is 1. The largest absolute Gasteiger partial charge is 0.480 e. The SMILES string of the molecule is CCC(CC)(NCCc1cccnc1)C(=O)O. The maximum Gasteiger partial charge on any atom is 0.323 e. The fraction of sp³-hybridized carbons (Fsp3) is 0.538. The number of aliphatic carboxylic acids is 1. The molecule has 0 saturated heterocycles. The summed E-state index contributed by atoms with van der Waals surface area (Å²) in [4.78, 5) is 15.3. The molecule has 0 amide bonds. The first kappa shape index (κ1) is 13.6. The zero-order chi connectivity index (χ0) is 12.7. The molecule has 1 aromatic heterocycles. The summed E-state index contributed by atoms with van der Waals surface area (Å²) in [7, 11) is 0. The third-order valence-electron chi connectivity index (χ3n) is 3.22. The lowest BCUT2D eigenvalue weighted by molar-refractivity contribution is -0.145. The van der Waals surface area contributed by atoms with Crippen molar-refractivity contribution in [3.8, 4) is 0 Å². The van der Waals surface area contributed by atoms with Crippen LogP contribution in [0, 0.1) is 0 Å². The Kier molecular flexibility index (Phi) is 5.10. The Morgan fingerprint density at radius 1 is 1.47 bits per heavy atom. The van der Waals surface area contributed by atoms with Gasteiger partial charge in [-0.25, -0.2) is 0 Å². The van der Waals surface area contributed by atoms with Crippen molar-refractivity contribution < 1.29 is 9.90 Å². The summed E-state index contributed by atoms with van der Waals surface area (Å²) < 4.78 is 0. The second-order valence-electron chi connectivity index (χ2n) is 4.13. The fourth-order valence-corrected chi connectivity index (χ4v) is 1.87. The Bertz CT molecular complexity index is 348. The van der Waals surface area contributed by atoms with Gasteiger partial charge in [-0.1, -0.05) is 19.9 Å². The highest BCUT2D eigenvalue weighted by Crippen LogP contribution is 2.15. The van der Waals surface area contributed by atoms with Crippen molar-refractivity contribution in [1.29, 1.82) is 0 Å². The van der Waals surface area contributed by atoms with Crippen LogP contribution in [-0.4, -0.2) is 28.1 Å². The second kappa shape index (κ2) is 6.35. The van der Waals surface area contributed by atoms with Crippen LogP contribution in [0.1, 0.15) is 32.3 Å². The third kappa shape index (κ3) is 3.53. The second-order valence-corrected chi connectivity index (χ2v) is 4.13. The van der Waals surface area contributed by atoms with Crippen LogP contribution in [0.25, 0.3) is 0 Å². The fourth-order valence-electron chi connectivity index (χ4n) is 1.87. The van der Waals surface area contributed by atoms with E-state index in [0.717, 1.165) is 12.0 Å². The number of carboxylic acids is 1. The molecule has 0 unspecified atom stereocenters. The van der Waals surface area contributed by atoms with Crippen molar-refractivity contribution in [2.24, 2.45) is 0 Å². The molecule has 94 valence electrons. The molecule has 2 N–H and O–H groups in total. The number of nitrogens with one attached hydrogen (secondary N) is 1. The molecule has 0 atom stereocenters. The normalized spacial score (nSPS) is 11.4. The summed E-state index contributed by atoms with van der Waals surface area (Å²) in [5, 5.41) is 12.4. The first-order chi connectivity index (χ1) is 8.14. The van der Waals surface area contributed by atoms with Gasteiger partial charge in [-0.3, -0.25) is 9.78 Å². The molecule has 1 aromatic rings. The molecule has 1 rings (SSSR count). The van der Waals surface area contributed by atoms with Gasteiger partial charge in [-0.15, -0.1) is 0 Å². The predicted octanol–water partition coefficient (Wildman–Crippen LogP) is 1.86. The van der Waals surface area contributed by atoms with Gasteiger partial charge in [0.1, 0.15) is 5.54 Å². The first-order valence-electron chi connectivity index (χ1n) is 6.02. The summed E-state index contributed by atoms with van der Waals surface area (Å²) in [5.41, 5.74) is 0.328. The van der Waals surface area contributed by atoms with E-state index >= 15 is 0 Å². The summed E-state index contributed by atoms with van der Waals surface area (Å²) in [5.74, 6) is -0.770. The van der Waals surface area contributed by atoms with Crippen LogP contribution in [0.5, 0.6) is 0 Å². The summed E-state index contributed by atoms with van der Waals surface area (Å²) in [6.45, 7) is 4.45. The van der Waals surface area contributed by atoms with E-state index < -0.39 is 11.5 Å². The first-order valence-corrected chi connectivity index (χ1v) is 6.02. The third-order valence-corrected chi connectivity index (χ3v) is 3.22. The minimum Gasteiger partial charge on any atom is -0.480 e. The molecule has 0 aliphatic heterocycles. The minimum absolute atomic E-state index is 0.589. The minimum atomic E-state index is -0.789. The number of aromatic nitrogens is 1. The molecule has 0 aliphatic rings. The maximum atomic E-state index is 11.3. The number of hydrogen-bond acceptors (Lipinski definition) is 3. The Balaban J connectivity index is 2.51. The lowest BCUT2D eigenvalue weighted by Gasteiger charge is -2.28. The lowest BCUT2D eigenvalue weighted by Crippen LogP contribution is -2.51. The van der Waals surface area contributed by atoms with Gasteiger partial charge >= 0.3 is 5.97 Å². The van der Waals surface area contributed by atoms with Gasteiger partial charge < -0.3 is 10.4 Å². The predicted molar refractivity (Wildman–Crippen MR) is 66.9 cm³/mol. The van der Waals surface area contributed by atoms with Crippen molar-refractivity contribution in [1.82, 2.24) is 10.3 Å². The van der Waals surface area contributed by atoms with E-state index in [1.165, 1.54) is 0 Å². The van der Waals surface area contributed by atoms with Gasteiger partial charge in [0.2, 0.25) is 0 Å². The monoisotopic (exact) mass is 236 g/mol. The smallest absolute Gasteiger partial charge is 0.323 e. The standard InChI is InChI=1S/C13H20N2O2/c1-3-13(4-2,12(16)17)15-9-7-11-6-5-8-14-10-11/h5-6,8,10,15H,3-4,7,9H2,1-2H3,(H,16,17). The van der Waals surface area contributed by atoms with Crippen LogP contribution in [0.2, 0.25) is 0 Å². The number of pyridine rings is 1. The molecular weight excluding hydrogens is 216 g/mol. The number of rotatable bonds is 7. The van der Waals surface area contributed by atoms with Crippen LogP contribution in [-0.2, 0) is 11.2 Å². The van der Waals surface area contributed by atoms with Crippen molar-refractivity contribution in [2.45, 2.75) is 38.6 Å². The molecule has 0 spiro atoms. The van der Waals surface area contributed by atoms with Crippen LogP contribution >= 0.6 is 0 Å². The molecule has 4 nitrogen and oxygen atoms in total. The zero-order valence-electron chi connectivity index (χ0n) is 10.4. The van der Waals surface area contributed by atoms with Gasteiger partial charge in [0.05, 0.1) is 0 Å². The highest BCUT2D eigenvalue weighted by atomic mass is 16.4. The molecule has 0 fully saturated rings. The van der Waals surface area contributed by atoms with Crippen molar-refractivity contribution in [2.75, 3.05) is 6.54 Å². The van der Waals surface area contributed by atoms with E-state index in [1.807, 2.05) is 32.2 Å². The van der Waals surface area contributed by atoms with Gasteiger partial charge in [0, 0.05) is 18.9 Å². The highest BCUT2D eigenvalue weighted by molar-refractivity contribution is 5.78. The number of nitrogens with zero attached hydrogens (tertiary/aromatic N) is 1. The van der Waals surface area contributed by atoms with Crippen molar-refractivity contribution in [3.63, 3.8) is 0 Å². The summed E-state index contributed by atoms with van der Waals surface area (Å²) in [6.07, 6.45) is 5.51. The Morgan fingerprint density at radius 2 is 2.18 bits per heavy atom. The van der Waals surface area contributed by atoms with Crippen LogP contribution in [0.3, 0.4) is 0 Å². The highest BCUT2D eigenvalue weighted by Gasteiger charge is 2.33. The van der Waals surface area contributed by atoms with E-state index in [-0.39, 0.29) is 0 Å². The van der Waals surface area contributed by atoms with Crippen LogP contribution in [0.4, 0.5) is 0 Å². The van der Waals surface area contributed by atoms with Gasteiger partial charge in [-0.2, -0.15) is 0 Å². The molecule has 0 aliphatic carbocycles. The topological polar surface area (TPSA) is 62.2 Å². The number of carbonyl (C=O) groups is 1. The molecule has 0 aromatic carbocycles. The van der Waals surface area contributed by atoms with E-state index in [1.54, 1.807) is 6.20 Å². The van der Waals surface area contributed by atoms with Gasteiger partial charge in [-0.05, 0) is 30.9 Å². The number of hydrogen-bond donors (Lipinski definition) is 2. The van der Waals surface area contributed by atoms with E-state index in [2.05, 4.69) is 10.3 Å². The van der Waals surface area contributed by atoms with E-state index in [4.69, 9.17) is 0 Å². The average Bonchev–Trinajstić information content (AvgIpc) is 2.36. The Labute approximate surface area is 102 Å². The Hall–Kier alpha value is -1.42. The van der Waals surface area contributed by atoms with Crippen LogP contribution < -0.4 is 5.32 Å². The quantitative estimate of drug-likeness (QED) is 0.758. The molecule has 0 saturated carbocycles. The molecule has 17 heavy (non-hydrogen) atoms. The van der Waals surface area contributed by atoms with E-state index in [0.29, 0.717) is 19.4 Å². The Morgan fingerprint density at radius 3 is 2.65 bits per heavy atom. The summed E-state index contributed by atoms with van der Waals surface area (Å²) >= 11 is 0. The molecule has 4 heteroatoms. The van der Waals surface area contributed by atoms with Gasteiger partial charge in [0.25, 0.3) is 0 Å². The molecule has 1 heterocycles. The van der Waals surface area contributed by atoms with E-state index in [9.17, 15) is 9.90 Å².